The standard InChI is InChI=1S/C19H20N4O4/c1-27-19(24)10-12-22-11-2-3-14-13-16(6-9-18(14)22)21-20-15-4-7-17(8-5-15)23(25)26/h4-9,13H,2-3,10-12H2,1H3. The first-order valence-corrected chi connectivity index (χ1v) is 8.68. The van der Waals surface area contributed by atoms with Crippen LogP contribution >= 0.6 is 0 Å². The van der Waals surface area contributed by atoms with E-state index in [0.29, 0.717) is 18.7 Å². The van der Waals surface area contributed by atoms with Crippen LogP contribution in [-0.2, 0) is 16.0 Å². The average molecular weight is 368 g/mol. The summed E-state index contributed by atoms with van der Waals surface area (Å²) in [5, 5.41) is 19.1. The summed E-state index contributed by atoms with van der Waals surface area (Å²) in [5.74, 6) is -0.212. The van der Waals surface area contributed by atoms with Crippen LogP contribution in [0.4, 0.5) is 22.7 Å². The number of carbonyl (C=O) groups is 1. The molecule has 0 saturated carbocycles. The Bertz CT molecular complexity index is 865. The monoisotopic (exact) mass is 368 g/mol. The van der Waals surface area contributed by atoms with Gasteiger partial charge >= 0.3 is 5.97 Å². The van der Waals surface area contributed by atoms with E-state index in [0.717, 1.165) is 30.8 Å². The molecule has 0 unspecified atom stereocenters. The molecule has 27 heavy (non-hydrogen) atoms. The summed E-state index contributed by atoms with van der Waals surface area (Å²) in [7, 11) is 1.40. The molecule has 0 saturated heterocycles. The van der Waals surface area contributed by atoms with E-state index in [9.17, 15) is 14.9 Å². The number of anilines is 1. The van der Waals surface area contributed by atoms with Crippen molar-refractivity contribution < 1.29 is 14.5 Å². The molecule has 0 amide bonds. The Morgan fingerprint density at radius 3 is 2.59 bits per heavy atom. The summed E-state index contributed by atoms with van der Waals surface area (Å²) in [6.45, 7) is 1.54. The number of nitro benzene ring substituents is 1. The fourth-order valence-electron chi connectivity index (χ4n) is 3.04. The Morgan fingerprint density at radius 1 is 1.19 bits per heavy atom. The number of esters is 1. The largest absolute Gasteiger partial charge is 0.469 e. The third-order valence-corrected chi connectivity index (χ3v) is 4.43. The van der Waals surface area contributed by atoms with Crippen molar-refractivity contribution in [3.63, 3.8) is 0 Å². The van der Waals surface area contributed by atoms with E-state index in [1.807, 2.05) is 18.2 Å². The van der Waals surface area contributed by atoms with Gasteiger partial charge in [0.1, 0.15) is 0 Å². The normalized spacial score (nSPS) is 13.4. The van der Waals surface area contributed by atoms with Crippen LogP contribution < -0.4 is 4.90 Å². The lowest BCUT2D eigenvalue weighted by atomic mass is 10.0. The maximum atomic E-state index is 11.4. The molecule has 2 aromatic carbocycles. The van der Waals surface area contributed by atoms with E-state index >= 15 is 0 Å². The van der Waals surface area contributed by atoms with Crippen LogP contribution in [0.2, 0.25) is 0 Å². The van der Waals surface area contributed by atoms with E-state index in [-0.39, 0.29) is 11.7 Å². The number of fused-ring (bicyclic) bond motifs is 1. The first kappa shape index (κ1) is 18.5. The van der Waals surface area contributed by atoms with Crippen molar-refractivity contribution in [3.8, 4) is 0 Å². The van der Waals surface area contributed by atoms with Gasteiger partial charge in [0.05, 0.1) is 29.8 Å². The average Bonchev–Trinajstić information content (AvgIpc) is 2.70. The van der Waals surface area contributed by atoms with Gasteiger partial charge in [-0.15, -0.1) is 0 Å². The highest BCUT2D eigenvalue weighted by Crippen LogP contribution is 2.31. The number of ether oxygens (including phenoxy) is 1. The summed E-state index contributed by atoms with van der Waals surface area (Å²) >= 11 is 0. The second-order valence-electron chi connectivity index (χ2n) is 6.20. The van der Waals surface area contributed by atoms with Gasteiger partial charge in [0.25, 0.3) is 5.69 Å². The quantitative estimate of drug-likeness (QED) is 0.327. The van der Waals surface area contributed by atoms with Crippen LogP contribution in [0.1, 0.15) is 18.4 Å². The Hall–Kier alpha value is -3.29. The number of benzene rings is 2. The third-order valence-electron chi connectivity index (χ3n) is 4.43. The highest BCUT2D eigenvalue weighted by Gasteiger charge is 2.18. The highest BCUT2D eigenvalue weighted by atomic mass is 16.6. The van der Waals surface area contributed by atoms with Gasteiger partial charge in [-0.05, 0) is 48.7 Å². The molecule has 0 N–H and O–H groups in total. The number of non-ortho nitro benzene ring substituents is 1. The van der Waals surface area contributed by atoms with Crippen LogP contribution in [0.5, 0.6) is 0 Å². The molecule has 0 atom stereocenters. The van der Waals surface area contributed by atoms with Gasteiger partial charge in [0.15, 0.2) is 0 Å². The zero-order valence-electron chi connectivity index (χ0n) is 15.0. The first-order valence-electron chi connectivity index (χ1n) is 8.68. The van der Waals surface area contributed by atoms with Crippen molar-refractivity contribution in [1.29, 1.82) is 0 Å². The summed E-state index contributed by atoms with van der Waals surface area (Å²) in [6, 6.07) is 11.8. The smallest absolute Gasteiger partial charge is 0.307 e. The highest BCUT2D eigenvalue weighted by molar-refractivity contribution is 5.70. The molecule has 3 rings (SSSR count). The predicted molar refractivity (Wildman–Crippen MR) is 101 cm³/mol. The lowest BCUT2D eigenvalue weighted by molar-refractivity contribution is -0.384. The van der Waals surface area contributed by atoms with E-state index in [4.69, 9.17) is 4.74 Å². The number of azo groups is 1. The van der Waals surface area contributed by atoms with E-state index in [1.165, 1.54) is 24.8 Å². The molecule has 0 bridgehead atoms. The van der Waals surface area contributed by atoms with Gasteiger partial charge in [-0.25, -0.2) is 0 Å². The maximum absolute atomic E-state index is 11.4. The molecule has 0 spiro atoms. The van der Waals surface area contributed by atoms with Crippen LogP contribution in [0.15, 0.2) is 52.7 Å². The van der Waals surface area contributed by atoms with E-state index in [2.05, 4.69) is 15.1 Å². The number of aryl methyl sites for hydroxylation is 1. The number of nitrogens with zero attached hydrogens (tertiary/aromatic N) is 4. The lowest BCUT2D eigenvalue weighted by Crippen LogP contribution is -2.31. The third kappa shape index (κ3) is 4.66. The summed E-state index contributed by atoms with van der Waals surface area (Å²) in [5.41, 5.74) is 3.58. The topological polar surface area (TPSA) is 97.4 Å². The van der Waals surface area contributed by atoms with Crippen molar-refractivity contribution in [2.45, 2.75) is 19.3 Å². The fourth-order valence-corrected chi connectivity index (χ4v) is 3.04. The Morgan fingerprint density at radius 2 is 1.89 bits per heavy atom. The van der Waals surface area contributed by atoms with Gasteiger partial charge in [-0.3, -0.25) is 14.9 Å². The minimum Gasteiger partial charge on any atom is -0.469 e. The maximum Gasteiger partial charge on any atom is 0.307 e. The minimum absolute atomic E-state index is 0.0229. The Labute approximate surface area is 156 Å². The predicted octanol–water partition coefficient (Wildman–Crippen LogP) is 4.33. The lowest BCUT2D eigenvalue weighted by Gasteiger charge is -2.31. The van der Waals surface area contributed by atoms with Crippen molar-refractivity contribution in [2.24, 2.45) is 10.2 Å². The van der Waals surface area contributed by atoms with Crippen LogP contribution in [0.25, 0.3) is 0 Å². The van der Waals surface area contributed by atoms with Crippen LogP contribution in [0, 0.1) is 10.1 Å². The molecule has 140 valence electrons. The molecule has 8 nitrogen and oxygen atoms in total. The summed E-state index contributed by atoms with van der Waals surface area (Å²) < 4.78 is 4.71. The van der Waals surface area contributed by atoms with Gasteiger partial charge < -0.3 is 9.64 Å². The molecule has 0 fully saturated rings. The second-order valence-corrected chi connectivity index (χ2v) is 6.20. The summed E-state index contributed by atoms with van der Waals surface area (Å²) in [6.07, 6.45) is 2.32. The van der Waals surface area contributed by atoms with Crippen molar-refractivity contribution in [3.05, 3.63) is 58.1 Å². The molecule has 0 aliphatic carbocycles. The first-order chi connectivity index (χ1) is 13.1. The van der Waals surface area contributed by atoms with Crippen molar-refractivity contribution in [2.75, 3.05) is 25.1 Å². The zero-order chi connectivity index (χ0) is 19.2. The van der Waals surface area contributed by atoms with Gasteiger partial charge in [-0.1, -0.05) is 0 Å². The minimum atomic E-state index is -0.448. The van der Waals surface area contributed by atoms with Crippen LogP contribution in [0.3, 0.4) is 0 Å². The number of nitro groups is 1. The van der Waals surface area contributed by atoms with E-state index in [1.54, 1.807) is 12.1 Å². The molecule has 1 aliphatic heterocycles. The molecular formula is C19H20N4O4. The SMILES string of the molecule is COC(=O)CCN1CCCc2cc(N=Nc3ccc([N+](=O)[O-])cc3)ccc21. The molecule has 0 radical (unpaired) electrons. The van der Waals surface area contributed by atoms with Gasteiger partial charge in [-0.2, -0.15) is 10.2 Å². The van der Waals surface area contributed by atoms with Crippen molar-refractivity contribution >= 4 is 28.7 Å². The Balaban J connectivity index is 1.71. The number of hydrogen-bond acceptors (Lipinski definition) is 7. The molecule has 0 aromatic heterocycles. The number of hydrogen-bond donors (Lipinski definition) is 0. The Kier molecular flexibility index (Phi) is 5.75. The molecular weight excluding hydrogens is 348 g/mol. The van der Waals surface area contributed by atoms with Gasteiger partial charge in [0, 0.05) is 30.9 Å². The summed E-state index contributed by atoms with van der Waals surface area (Å²) in [4.78, 5) is 23.8. The van der Waals surface area contributed by atoms with Gasteiger partial charge in [0.2, 0.25) is 0 Å². The fraction of sp³-hybridized carbons (Fsp3) is 0.316. The van der Waals surface area contributed by atoms with Crippen LogP contribution in [-0.4, -0.2) is 31.1 Å². The van der Waals surface area contributed by atoms with E-state index < -0.39 is 4.92 Å². The zero-order valence-corrected chi connectivity index (χ0v) is 15.0. The second kappa shape index (κ2) is 8.39. The molecule has 8 heteroatoms. The molecule has 1 heterocycles. The number of rotatable bonds is 6. The number of methoxy groups -OCH3 is 1. The molecule has 1 aliphatic rings. The molecule has 2 aromatic rings. The van der Waals surface area contributed by atoms with Crippen molar-refractivity contribution in [1.82, 2.24) is 0 Å². The number of carbonyl (C=O) groups excluding carboxylic acids is 1.